The molecule has 0 saturated carbocycles. The van der Waals surface area contributed by atoms with Crippen LogP contribution < -0.4 is 0 Å². The minimum Gasteiger partial charge on any atom is -0.337 e. The van der Waals surface area contributed by atoms with Crippen molar-refractivity contribution in [2.45, 2.75) is 13.5 Å². The lowest BCUT2D eigenvalue weighted by Gasteiger charge is -1.97. The van der Waals surface area contributed by atoms with Crippen LogP contribution in [0.1, 0.15) is 17.3 Å². The number of benzene rings is 1. The molecule has 0 saturated heterocycles. The lowest BCUT2D eigenvalue weighted by Crippen LogP contribution is -2.00. The molecule has 7 nitrogen and oxygen atoms in total. The predicted octanol–water partition coefficient (Wildman–Crippen LogP) is 1.70. The lowest BCUT2D eigenvalue weighted by molar-refractivity contribution is 0.366. The van der Waals surface area contributed by atoms with E-state index in [4.69, 9.17) is 9.78 Å². The third-order valence-corrected chi connectivity index (χ3v) is 2.83. The molecule has 0 bridgehead atoms. The monoisotopic (exact) mass is 284 g/mol. The fourth-order valence-corrected chi connectivity index (χ4v) is 1.73. The molecule has 104 valence electrons. The summed E-state index contributed by atoms with van der Waals surface area (Å²) in [7, 11) is 0. The van der Waals surface area contributed by atoms with E-state index in [0.29, 0.717) is 22.8 Å². The Morgan fingerprint density at radius 1 is 1.43 bits per heavy atom. The molecule has 0 fully saturated rings. The zero-order valence-corrected chi connectivity index (χ0v) is 11.0. The van der Waals surface area contributed by atoms with Crippen LogP contribution in [0.2, 0.25) is 0 Å². The van der Waals surface area contributed by atoms with Gasteiger partial charge < -0.3 is 4.52 Å². The normalized spacial score (nSPS) is 10.5. The van der Waals surface area contributed by atoms with Crippen LogP contribution in [0, 0.1) is 24.1 Å². The smallest absolute Gasteiger partial charge is 0.252 e. The van der Waals surface area contributed by atoms with Crippen molar-refractivity contribution in [2.75, 3.05) is 0 Å². The van der Waals surface area contributed by atoms with Crippen molar-refractivity contribution in [1.82, 2.24) is 24.9 Å². The largest absolute Gasteiger partial charge is 0.337 e. The third kappa shape index (κ3) is 2.62. The van der Waals surface area contributed by atoms with Crippen LogP contribution in [0.4, 0.5) is 4.39 Å². The van der Waals surface area contributed by atoms with Crippen molar-refractivity contribution in [3.63, 3.8) is 0 Å². The lowest BCUT2D eigenvalue weighted by atomic mass is 10.1. The van der Waals surface area contributed by atoms with Gasteiger partial charge in [0.05, 0.1) is 0 Å². The molecule has 3 aromatic rings. The molecule has 0 aliphatic rings. The highest BCUT2D eigenvalue weighted by Gasteiger charge is 2.11. The summed E-state index contributed by atoms with van der Waals surface area (Å²) in [6, 6.07) is 6.55. The standard InChI is InChI=1S/C13H9FN6O/c1-8-2-3-9(4-10(8)14)13-17-12(21-19-13)6-20-7-16-11(5-15)18-20/h2-4,7H,6H2,1H3. The van der Waals surface area contributed by atoms with Crippen LogP contribution >= 0.6 is 0 Å². The number of nitrogens with zero attached hydrogens (tertiary/aromatic N) is 6. The van der Waals surface area contributed by atoms with E-state index in [9.17, 15) is 4.39 Å². The van der Waals surface area contributed by atoms with Crippen LogP contribution in [0.15, 0.2) is 29.0 Å². The van der Waals surface area contributed by atoms with Gasteiger partial charge in [-0.05, 0) is 18.6 Å². The maximum atomic E-state index is 13.5. The van der Waals surface area contributed by atoms with E-state index in [1.54, 1.807) is 19.1 Å². The first-order valence-electron chi connectivity index (χ1n) is 6.04. The van der Waals surface area contributed by atoms with Gasteiger partial charge in [-0.1, -0.05) is 17.3 Å². The van der Waals surface area contributed by atoms with E-state index < -0.39 is 0 Å². The Labute approximate surface area is 118 Å². The van der Waals surface area contributed by atoms with Gasteiger partial charge in [0.1, 0.15) is 24.8 Å². The zero-order chi connectivity index (χ0) is 14.8. The summed E-state index contributed by atoms with van der Waals surface area (Å²) in [6.07, 6.45) is 1.40. The van der Waals surface area contributed by atoms with Crippen molar-refractivity contribution in [2.24, 2.45) is 0 Å². The molecule has 0 aliphatic heterocycles. The molecule has 0 atom stereocenters. The molecule has 21 heavy (non-hydrogen) atoms. The molecule has 2 heterocycles. The van der Waals surface area contributed by atoms with Gasteiger partial charge in [-0.25, -0.2) is 14.1 Å². The fourth-order valence-electron chi connectivity index (χ4n) is 1.73. The van der Waals surface area contributed by atoms with Crippen molar-refractivity contribution >= 4 is 0 Å². The minimum atomic E-state index is -0.325. The molecule has 0 amide bonds. The van der Waals surface area contributed by atoms with Crippen molar-refractivity contribution in [3.8, 4) is 17.5 Å². The average Bonchev–Trinajstić information content (AvgIpc) is 3.11. The highest BCUT2D eigenvalue weighted by Crippen LogP contribution is 2.19. The quantitative estimate of drug-likeness (QED) is 0.726. The highest BCUT2D eigenvalue weighted by molar-refractivity contribution is 5.54. The molecule has 3 rings (SSSR count). The highest BCUT2D eigenvalue weighted by atomic mass is 19.1. The van der Waals surface area contributed by atoms with E-state index in [0.717, 1.165) is 0 Å². The first-order valence-corrected chi connectivity index (χ1v) is 6.04. The molecule has 1 aromatic carbocycles. The molecule has 0 N–H and O–H groups in total. The van der Waals surface area contributed by atoms with Crippen molar-refractivity contribution in [3.05, 3.63) is 47.6 Å². The second kappa shape index (κ2) is 5.13. The summed E-state index contributed by atoms with van der Waals surface area (Å²) in [4.78, 5) is 7.93. The number of halogens is 1. The summed E-state index contributed by atoms with van der Waals surface area (Å²) in [5.41, 5.74) is 1.08. The summed E-state index contributed by atoms with van der Waals surface area (Å²) in [6.45, 7) is 1.87. The van der Waals surface area contributed by atoms with Gasteiger partial charge in [-0.15, -0.1) is 5.10 Å². The number of aromatic nitrogens is 5. The molecule has 0 spiro atoms. The van der Waals surface area contributed by atoms with E-state index in [1.165, 1.54) is 17.1 Å². The molecule has 0 unspecified atom stereocenters. The van der Waals surface area contributed by atoms with E-state index in [-0.39, 0.29) is 18.2 Å². The maximum absolute atomic E-state index is 13.5. The van der Waals surface area contributed by atoms with Crippen LogP contribution in [0.3, 0.4) is 0 Å². The molecule has 0 aliphatic carbocycles. The van der Waals surface area contributed by atoms with Gasteiger partial charge in [-0.3, -0.25) is 0 Å². The predicted molar refractivity (Wildman–Crippen MR) is 68.3 cm³/mol. The Hall–Kier alpha value is -3.08. The van der Waals surface area contributed by atoms with Gasteiger partial charge in [0.15, 0.2) is 0 Å². The van der Waals surface area contributed by atoms with Gasteiger partial charge in [0.2, 0.25) is 11.7 Å². The molecule has 8 heteroatoms. The van der Waals surface area contributed by atoms with Gasteiger partial charge in [0.25, 0.3) is 5.82 Å². The SMILES string of the molecule is Cc1ccc(-c2noc(Cn3cnc(C#N)n3)n2)cc1F. The Morgan fingerprint density at radius 3 is 3.00 bits per heavy atom. The maximum Gasteiger partial charge on any atom is 0.252 e. The first kappa shape index (κ1) is 12.9. The number of rotatable bonds is 3. The molecular weight excluding hydrogens is 275 g/mol. The Balaban J connectivity index is 1.82. The van der Waals surface area contributed by atoms with Gasteiger partial charge >= 0.3 is 0 Å². The average molecular weight is 284 g/mol. The fraction of sp³-hybridized carbons (Fsp3) is 0.154. The van der Waals surface area contributed by atoms with Crippen LogP contribution in [0.25, 0.3) is 11.4 Å². The van der Waals surface area contributed by atoms with Crippen molar-refractivity contribution in [1.29, 1.82) is 5.26 Å². The minimum absolute atomic E-state index is 0.0651. The summed E-state index contributed by atoms with van der Waals surface area (Å²) in [5, 5.41) is 16.3. The Morgan fingerprint density at radius 2 is 2.29 bits per heavy atom. The van der Waals surface area contributed by atoms with Crippen LogP contribution in [-0.2, 0) is 6.54 Å². The molecular formula is C13H9FN6O. The van der Waals surface area contributed by atoms with Gasteiger partial charge in [-0.2, -0.15) is 10.2 Å². The van der Waals surface area contributed by atoms with E-state index in [1.807, 2.05) is 6.07 Å². The number of nitriles is 1. The third-order valence-electron chi connectivity index (χ3n) is 2.83. The Kier molecular flexibility index (Phi) is 3.16. The summed E-state index contributed by atoms with van der Waals surface area (Å²) in [5.74, 6) is 0.328. The second-order valence-corrected chi connectivity index (χ2v) is 4.35. The zero-order valence-electron chi connectivity index (χ0n) is 11.0. The van der Waals surface area contributed by atoms with Crippen LogP contribution in [-0.4, -0.2) is 24.9 Å². The molecule has 2 aromatic heterocycles. The first-order chi connectivity index (χ1) is 10.2. The summed E-state index contributed by atoms with van der Waals surface area (Å²) >= 11 is 0. The van der Waals surface area contributed by atoms with Gasteiger partial charge in [0, 0.05) is 5.56 Å². The second-order valence-electron chi connectivity index (χ2n) is 4.35. The Bertz CT molecular complexity index is 831. The topological polar surface area (TPSA) is 93.4 Å². The van der Waals surface area contributed by atoms with Crippen LogP contribution in [0.5, 0.6) is 0 Å². The molecule has 0 radical (unpaired) electrons. The number of hydrogen-bond donors (Lipinski definition) is 0. The summed E-state index contributed by atoms with van der Waals surface area (Å²) < 4.78 is 20.0. The van der Waals surface area contributed by atoms with E-state index >= 15 is 0 Å². The van der Waals surface area contributed by atoms with Crippen molar-refractivity contribution < 1.29 is 8.91 Å². The number of aryl methyl sites for hydroxylation is 1. The van der Waals surface area contributed by atoms with E-state index in [2.05, 4.69) is 20.2 Å². The number of hydrogen-bond acceptors (Lipinski definition) is 6.